The van der Waals surface area contributed by atoms with Crippen LogP contribution >= 0.6 is 0 Å². The highest BCUT2D eigenvalue weighted by Gasteiger charge is 2.04. The van der Waals surface area contributed by atoms with Gasteiger partial charge in [-0.1, -0.05) is 0 Å². The van der Waals surface area contributed by atoms with Gasteiger partial charge in [-0.2, -0.15) is 8.78 Å². The van der Waals surface area contributed by atoms with Crippen molar-refractivity contribution in [3.05, 3.63) is 24.3 Å². The van der Waals surface area contributed by atoms with Crippen LogP contribution < -0.4 is 10.1 Å². The summed E-state index contributed by atoms with van der Waals surface area (Å²) in [5.74, 6) is -0.214. The number of carbonyl (C=O) groups is 1. The Morgan fingerprint density at radius 1 is 1.35 bits per heavy atom. The maximum atomic E-state index is 11.9. The van der Waals surface area contributed by atoms with E-state index in [1.807, 2.05) is 0 Å². The third-order valence-corrected chi connectivity index (χ3v) is 1.97. The smallest absolute Gasteiger partial charge is 0.387 e. The minimum Gasteiger partial charge on any atom is -0.469 e. The maximum Gasteiger partial charge on any atom is 0.387 e. The lowest BCUT2D eigenvalue weighted by Crippen LogP contribution is -2.09. The fourth-order valence-electron chi connectivity index (χ4n) is 1.17. The Morgan fingerprint density at radius 3 is 2.53 bits per heavy atom. The number of alkyl halides is 2. The van der Waals surface area contributed by atoms with E-state index in [9.17, 15) is 13.6 Å². The number of halogens is 2. The zero-order valence-electron chi connectivity index (χ0n) is 9.28. The van der Waals surface area contributed by atoms with Crippen LogP contribution in [0.2, 0.25) is 0 Å². The molecule has 0 atom stereocenters. The van der Waals surface area contributed by atoms with Gasteiger partial charge in [0.2, 0.25) is 0 Å². The van der Waals surface area contributed by atoms with Gasteiger partial charge in [-0.25, -0.2) is 0 Å². The fourth-order valence-corrected chi connectivity index (χ4v) is 1.17. The number of methoxy groups -OCH3 is 1. The molecular weight excluding hydrogens is 232 g/mol. The van der Waals surface area contributed by atoms with Crippen LogP contribution in [0.25, 0.3) is 0 Å². The molecule has 1 aromatic carbocycles. The highest BCUT2D eigenvalue weighted by Crippen LogP contribution is 2.17. The van der Waals surface area contributed by atoms with E-state index in [0.29, 0.717) is 6.54 Å². The van der Waals surface area contributed by atoms with Crippen LogP contribution in [0.15, 0.2) is 24.3 Å². The third-order valence-electron chi connectivity index (χ3n) is 1.97. The van der Waals surface area contributed by atoms with Crippen LogP contribution in [-0.4, -0.2) is 26.2 Å². The standard InChI is InChI=1S/C11H13F2NO3/c1-16-10(15)6-7-14-8-2-4-9(5-3-8)17-11(12)13/h2-5,11,14H,6-7H2,1H3. The molecule has 0 heterocycles. The second-order valence-corrected chi connectivity index (χ2v) is 3.16. The zero-order chi connectivity index (χ0) is 12.7. The Kier molecular flexibility index (Phi) is 5.19. The van der Waals surface area contributed by atoms with Gasteiger partial charge in [0.05, 0.1) is 13.5 Å². The normalized spacial score (nSPS) is 10.1. The van der Waals surface area contributed by atoms with Gasteiger partial charge in [0, 0.05) is 12.2 Å². The van der Waals surface area contributed by atoms with Crippen molar-refractivity contribution in [2.75, 3.05) is 19.0 Å². The van der Waals surface area contributed by atoms with Gasteiger partial charge in [-0.15, -0.1) is 0 Å². The van der Waals surface area contributed by atoms with E-state index < -0.39 is 6.61 Å². The van der Waals surface area contributed by atoms with Gasteiger partial charge in [0.15, 0.2) is 0 Å². The number of rotatable bonds is 6. The van der Waals surface area contributed by atoms with Gasteiger partial charge in [-0.05, 0) is 24.3 Å². The monoisotopic (exact) mass is 245 g/mol. The minimum absolute atomic E-state index is 0.0958. The predicted molar refractivity (Wildman–Crippen MR) is 58.2 cm³/mol. The van der Waals surface area contributed by atoms with Crippen LogP contribution in [0.1, 0.15) is 6.42 Å². The molecule has 94 valence electrons. The molecule has 17 heavy (non-hydrogen) atoms. The van der Waals surface area contributed by atoms with E-state index in [4.69, 9.17) is 0 Å². The Morgan fingerprint density at radius 2 is 2.00 bits per heavy atom. The predicted octanol–water partition coefficient (Wildman–Crippen LogP) is 2.26. The van der Waals surface area contributed by atoms with Crippen molar-refractivity contribution in [2.24, 2.45) is 0 Å². The number of nitrogens with one attached hydrogen (secondary N) is 1. The van der Waals surface area contributed by atoms with E-state index in [0.717, 1.165) is 5.69 Å². The molecule has 1 N–H and O–H groups in total. The van der Waals surface area contributed by atoms with E-state index in [1.165, 1.54) is 19.2 Å². The molecule has 0 aliphatic carbocycles. The number of carbonyl (C=O) groups excluding carboxylic acids is 1. The summed E-state index contributed by atoms with van der Waals surface area (Å²) in [7, 11) is 1.32. The first-order valence-electron chi connectivity index (χ1n) is 4.97. The van der Waals surface area contributed by atoms with E-state index >= 15 is 0 Å². The molecule has 0 saturated heterocycles. The topological polar surface area (TPSA) is 47.6 Å². The number of benzene rings is 1. The number of esters is 1. The largest absolute Gasteiger partial charge is 0.469 e. The van der Waals surface area contributed by atoms with E-state index in [1.54, 1.807) is 12.1 Å². The van der Waals surface area contributed by atoms with Crippen molar-refractivity contribution < 1.29 is 23.0 Å². The summed E-state index contributed by atoms with van der Waals surface area (Å²) in [4.78, 5) is 10.8. The Hall–Kier alpha value is -1.85. The lowest BCUT2D eigenvalue weighted by atomic mass is 10.3. The molecule has 6 heteroatoms. The van der Waals surface area contributed by atoms with E-state index in [-0.39, 0.29) is 18.1 Å². The molecule has 0 spiro atoms. The fraction of sp³-hybridized carbons (Fsp3) is 0.364. The van der Waals surface area contributed by atoms with Crippen LogP contribution in [0.5, 0.6) is 5.75 Å². The molecule has 0 aliphatic rings. The molecule has 0 bridgehead atoms. The first kappa shape index (κ1) is 13.2. The molecule has 0 fully saturated rings. The minimum atomic E-state index is -2.83. The van der Waals surface area contributed by atoms with Crippen molar-refractivity contribution in [3.8, 4) is 5.75 Å². The molecule has 0 aromatic heterocycles. The first-order chi connectivity index (χ1) is 8.11. The summed E-state index contributed by atoms with van der Waals surface area (Å²) in [5, 5.41) is 2.95. The van der Waals surface area contributed by atoms with Crippen LogP contribution in [0, 0.1) is 0 Å². The van der Waals surface area contributed by atoms with Gasteiger partial charge in [-0.3, -0.25) is 4.79 Å². The lowest BCUT2D eigenvalue weighted by Gasteiger charge is -2.07. The summed E-state index contributed by atoms with van der Waals surface area (Å²) >= 11 is 0. The molecule has 0 unspecified atom stereocenters. The van der Waals surface area contributed by atoms with Gasteiger partial charge in [0.25, 0.3) is 0 Å². The van der Waals surface area contributed by atoms with Gasteiger partial charge in [0.1, 0.15) is 5.75 Å². The molecule has 1 aromatic rings. The SMILES string of the molecule is COC(=O)CCNc1ccc(OC(F)F)cc1. The van der Waals surface area contributed by atoms with Gasteiger partial charge >= 0.3 is 12.6 Å². The van der Waals surface area contributed by atoms with Crippen LogP contribution in [0.3, 0.4) is 0 Å². The summed E-state index contributed by atoms with van der Waals surface area (Å²) in [6.07, 6.45) is 0.242. The molecule has 0 saturated carbocycles. The van der Waals surface area contributed by atoms with Crippen molar-refractivity contribution in [1.29, 1.82) is 0 Å². The van der Waals surface area contributed by atoms with Crippen molar-refractivity contribution in [2.45, 2.75) is 13.0 Å². The number of hydrogen-bond acceptors (Lipinski definition) is 4. The van der Waals surface area contributed by atoms with Crippen molar-refractivity contribution in [1.82, 2.24) is 0 Å². The molecule has 0 amide bonds. The Balaban J connectivity index is 2.37. The quantitative estimate of drug-likeness (QED) is 0.781. The lowest BCUT2D eigenvalue weighted by molar-refractivity contribution is -0.140. The molecule has 1 rings (SSSR count). The van der Waals surface area contributed by atoms with Crippen LogP contribution in [0.4, 0.5) is 14.5 Å². The van der Waals surface area contributed by atoms with Gasteiger partial charge < -0.3 is 14.8 Å². The summed E-state index contributed by atoms with van der Waals surface area (Å²) < 4.78 is 32.4. The summed E-state index contributed by atoms with van der Waals surface area (Å²) in [6.45, 7) is -2.41. The second-order valence-electron chi connectivity index (χ2n) is 3.16. The highest BCUT2D eigenvalue weighted by molar-refractivity contribution is 5.69. The van der Waals surface area contributed by atoms with Crippen molar-refractivity contribution in [3.63, 3.8) is 0 Å². The molecule has 0 radical (unpaired) electrons. The summed E-state index contributed by atoms with van der Waals surface area (Å²) in [6, 6.07) is 6.03. The Bertz CT molecular complexity index is 354. The number of anilines is 1. The first-order valence-corrected chi connectivity index (χ1v) is 4.97. The number of hydrogen-bond donors (Lipinski definition) is 1. The average molecular weight is 245 g/mol. The van der Waals surface area contributed by atoms with Crippen molar-refractivity contribution >= 4 is 11.7 Å². The average Bonchev–Trinajstić information content (AvgIpc) is 2.30. The van der Waals surface area contributed by atoms with Crippen LogP contribution in [-0.2, 0) is 9.53 Å². The maximum absolute atomic E-state index is 11.9. The highest BCUT2D eigenvalue weighted by atomic mass is 19.3. The molecule has 4 nitrogen and oxygen atoms in total. The number of ether oxygens (including phenoxy) is 2. The molecule has 0 aliphatic heterocycles. The van der Waals surface area contributed by atoms with E-state index in [2.05, 4.69) is 14.8 Å². The molecular formula is C11H13F2NO3. The third kappa shape index (κ3) is 5.14. The zero-order valence-corrected chi connectivity index (χ0v) is 9.28. The summed E-state index contributed by atoms with van der Waals surface area (Å²) in [5.41, 5.74) is 0.718. The Labute approximate surface area is 97.5 Å². The second kappa shape index (κ2) is 6.67.